The van der Waals surface area contributed by atoms with Crippen LogP contribution in [0.3, 0.4) is 0 Å². The zero-order valence-electron chi connectivity index (χ0n) is 48.6. The number of ether oxygens (including phenoxy) is 2. The molecular formula is C63H118NO8P. The van der Waals surface area contributed by atoms with E-state index in [1.807, 2.05) is 21.1 Å². The first-order valence-electron chi connectivity index (χ1n) is 30.8. The number of quaternary nitrogens is 1. The highest BCUT2D eigenvalue weighted by Gasteiger charge is 2.22. The number of rotatable bonds is 57. The summed E-state index contributed by atoms with van der Waals surface area (Å²) in [5.74, 6) is -0.817. The molecule has 0 aromatic heterocycles. The van der Waals surface area contributed by atoms with Gasteiger partial charge in [0.15, 0.2) is 6.10 Å². The topological polar surface area (TPSA) is 111 Å². The lowest BCUT2D eigenvalue weighted by Crippen LogP contribution is -2.37. The highest BCUT2D eigenvalue weighted by atomic mass is 31.2. The van der Waals surface area contributed by atoms with Crippen molar-refractivity contribution in [2.75, 3.05) is 47.5 Å². The van der Waals surface area contributed by atoms with E-state index in [4.69, 9.17) is 18.5 Å². The van der Waals surface area contributed by atoms with E-state index in [1.165, 1.54) is 199 Å². The minimum absolute atomic E-state index is 0.0280. The number of nitrogens with zero attached hydrogens (tertiary/aromatic N) is 1. The predicted octanol–water partition coefficient (Wildman–Crippen LogP) is 18.7. The zero-order chi connectivity index (χ0) is 53.5. The van der Waals surface area contributed by atoms with Gasteiger partial charge >= 0.3 is 11.9 Å². The summed E-state index contributed by atoms with van der Waals surface area (Å²) < 4.78 is 34.2. The average molecular weight is 1050 g/mol. The molecule has 0 aliphatic carbocycles. The molecule has 0 radical (unpaired) electrons. The summed E-state index contributed by atoms with van der Waals surface area (Å²) in [7, 11) is 1.18. The minimum atomic E-state index is -4.63. The lowest BCUT2D eigenvalue weighted by atomic mass is 10.0. The van der Waals surface area contributed by atoms with Crippen LogP contribution in [0.25, 0.3) is 0 Å². The van der Waals surface area contributed by atoms with E-state index in [2.05, 4.69) is 62.5 Å². The molecule has 0 aliphatic rings. The Morgan fingerprint density at radius 1 is 0.438 bits per heavy atom. The van der Waals surface area contributed by atoms with Crippen molar-refractivity contribution in [3.05, 3.63) is 48.6 Å². The van der Waals surface area contributed by atoms with E-state index in [-0.39, 0.29) is 32.0 Å². The van der Waals surface area contributed by atoms with Gasteiger partial charge in [-0.15, -0.1) is 0 Å². The largest absolute Gasteiger partial charge is 0.756 e. The standard InChI is InChI=1S/C63H118NO8P/c1-6-8-10-12-14-16-18-20-22-23-24-25-26-27-28-29-30-31-32-33-34-35-36-37-38-39-40-41-42-44-46-48-50-52-54-56-63(66)72-61(60-71-73(67,68)70-58-57-64(3,4)5)59-69-62(65)55-53-51-49-47-45-43-21-19-17-15-13-11-9-7-2/h8,10,14,16,20,22,24-25,61H,6-7,9,11-13,15,17-19,21,23,26-60H2,1-5H3/b10-8-,16-14-,22-20-,25-24-. The van der Waals surface area contributed by atoms with Gasteiger partial charge in [-0.1, -0.05) is 274 Å². The SMILES string of the molecule is CC/C=C\C/C=C\C/C=C\C/C=C\CCCCCCCCCCCCCCCCCCCCCCCCC(=O)OC(COC(=O)CCCCCCCCCCCCCCCC)COP(=O)([O-])OCC[N+](C)(C)C. The van der Waals surface area contributed by atoms with Gasteiger partial charge in [-0.25, -0.2) is 0 Å². The van der Waals surface area contributed by atoms with Gasteiger partial charge in [-0.2, -0.15) is 0 Å². The van der Waals surface area contributed by atoms with Crippen molar-refractivity contribution in [3.8, 4) is 0 Å². The molecule has 0 aromatic rings. The zero-order valence-corrected chi connectivity index (χ0v) is 49.5. The lowest BCUT2D eigenvalue weighted by molar-refractivity contribution is -0.870. The first kappa shape index (κ1) is 71.0. The minimum Gasteiger partial charge on any atom is -0.756 e. The van der Waals surface area contributed by atoms with E-state index >= 15 is 0 Å². The van der Waals surface area contributed by atoms with Crippen molar-refractivity contribution in [3.63, 3.8) is 0 Å². The van der Waals surface area contributed by atoms with E-state index in [0.717, 1.165) is 57.8 Å². The Bertz CT molecular complexity index is 1370. The molecule has 73 heavy (non-hydrogen) atoms. The normalized spacial score (nSPS) is 13.6. The van der Waals surface area contributed by atoms with Crippen molar-refractivity contribution in [2.45, 2.75) is 296 Å². The third kappa shape index (κ3) is 59.1. The maximum atomic E-state index is 12.8. The summed E-state index contributed by atoms with van der Waals surface area (Å²) in [5, 5.41) is 0. The number of phosphoric ester groups is 1. The van der Waals surface area contributed by atoms with Gasteiger partial charge in [0, 0.05) is 12.8 Å². The van der Waals surface area contributed by atoms with Crippen LogP contribution in [0, 0.1) is 0 Å². The van der Waals surface area contributed by atoms with Gasteiger partial charge in [-0.05, 0) is 51.4 Å². The van der Waals surface area contributed by atoms with Crippen molar-refractivity contribution in [1.82, 2.24) is 0 Å². The first-order valence-corrected chi connectivity index (χ1v) is 32.3. The van der Waals surface area contributed by atoms with Gasteiger partial charge in [-0.3, -0.25) is 14.2 Å². The second kappa shape index (κ2) is 54.7. The summed E-state index contributed by atoms with van der Waals surface area (Å²) >= 11 is 0. The Labute approximate surface area is 452 Å². The fraction of sp³-hybridized carbons (Fsp3) is 0.841. The number of carbonyl (C=O) groups is 2. The summed E-state index contributed by atoms with van der Waals surface area (Å²) in [6, 6.07) is 0. The molecule has 0 fully saturated rings. The molecule has 428 valence electrons. The van der Waals surface area contributed by atoms with Crippen molar-refractivity contribution < 1.29 is 42.1 Å². The number of esters is 2. The van der Waals surface area contributed by atoms with Crippen LogP contribution in [0.4, 0.5) is 0 Å². The lowest BCUT2D eigenvalue weighted by Gasteiger charge is -2.28. The molecule has 0 aliphatic heterocycles. The molecule has 0 bridgehead atoms. The fourth-order valence-electron chi connectivity index (χ4n) is 8.89. The molecule has 10 heteroatoms. The van der Waals surface area contributed by atoms with Gasteiger partial charge in [0.1, 0.15) is 19.8 Å². The van der Waals surface area contributed by atoms with Crippen LogP contribution in [-0.2, 0) is 32.7 Å². The van der Waals surface area contributed by atoms with E-state index in [0.29, 0.717) is 17.4 Å². The number of allylic oxidation sites excluding steroid dienone is 8. The monoisotopic (exact) mass is 1050 g/mol. The molecular weight excluding hydrogens is 930 g/mol. The van der Waals surface area contributed by atoms with Crippen molar-refractivity contribution in [1.29, 1.82) is 0 Å². The number of phosphoric acid groups is 1. The smallest absolute Gasteiger partial charge is 0.306 e. The molecule has 0 spiro atoms. The Kier molecular flexibility index (Phi) is 53.2. The molecule has 0 rings (SSSR count). The number of likely N-dealkylation sites (N-methyl/N-ethyl adjacent to an activating group) is 1. The molecule has 0 saturated carbocycles. The second-order valence-electron chi connectivity index (χ2n) is 22.0. The Morgan fingerprint density at radius 3 is 1.16 bits per heavy atom. The number of unbranched alkanes of at least 4 members (excludes halogenated alkanes) is 35. The van der Waals surface area contributed by atoms with Crippen LogP contribution < -0.4 is 4.89 Å². The third-order valence-electron chi connectivity index (χ3n) is 13.6. The Balaban J connectivity index is 3.95. The molecule has 0 amide bonds. The summed E-state index contributed by atoms with van der Waals surface area (Å²) in [5.41, 5.74) is 0. The third-order valence-corrected chi connectivity index (χ3v) is 14.6. The van der Waals surface area contributed by atoms with Crippen LogP contribution >= 0.6 is 7.82 Å². The molecule has 0 N–H and O–H groups in total. The van der Waals surface area contributed by atoms with Crippen LogP contribution in [0.15, 0.2) is 48.6 Å². The summed E-state index contributed by atoms with van der Waals surface area (Å²) in [4.78, 5) is 37.8. The van der Waals surface area contributed by atoms with Gasteiger partial charge in [0.2, 0.25) is 0 Å². The molecule has 2 unspecified atom stereocenters. The van der Waals surface area contributed by atoms with Crippen molar-refractivity contribution in [2.24, 2.45) is 0 Å². The first-order chi connectivity index (χ1) is 35.5. The Morgan fingerprint density at radius 2 is 0.781 bits per heavy atom. The molecule has 2 atom stereocenters. The Hall–Kier alpha value is -2.03. The van der Waals surface area contributed by atoms with Gasteiger partial charge in [0.05, 0.1) is 27.7 Å². The fourth-order valence-corrected chi connectivity index (χ4v) is 9.61. The van der Waals surface area contributed by atoms with Gasteiger partial charge in [0.25, 0.3) is 7.82 Å². The molecule has 0 aromatic carbocycles. The van der Waals surface area contributed by atoms with E-state index in [9.17, 15) is 19.0 Å². The van der Waals surface area contributed by atoms with Crippen LogP contribution in [0.2, 0.25) is 0 Å². The number of hydrogen-bond acceptors (Lipinski definition) is 8. The van der Waals surface area contributed by atoms with E-state index < -0.39 is 26.5 Å². The molecule has 0 heterocycles. The maximum Gasteiger partial charge on any atom is 0.306 e. The maximum absolute atomic E-state index is 12.8. The van der Waals surface area contributed by atoms with E-state index in [1.54, 1.807) is 0 Å². The predicted molar refractivity (Wildman–Crippen MR) is 310 cm³/mol. The number of hydrogen-bond donors (Lipinski definition) is 0. The van der Waals surface area contributed by atoms with Crippen molar-refractivity contribution >= 4 is 19.8 Å². The number of carbonyl (C=O) groups excluding carboxylic acids is 2. The highest BCUT2D eigenvalue weighted by Crippen LogP contribution is 2.38. The summed E-state index contributed by atoms with van der Waals surface area (Å²) in [6.07, 6.45) is 69.0. The quantitative estimate of drug-likeness (QED) is 0.0195. The molecule has 0 saturated heterocycles. The second-order valence-corrected chi connectivity index (χ2v) is 23.5. The highest BCUT2D eigenvalue weighted by molar-refractivity contribution is 7.45. The molecule has 9 nitrogen and oxygen atoms in total. The van der Waals surface area contributed by atoms with Gasteiger partial charge < -0.3 is 27.9 Å². The summed E-state index contributed by atoms with van der Waals surface area (Å²) in [6.45, 7) is 4.17. The average Bonchev–Trinajstić information content (AvgIpc) is 3.35. The van der Waals surface area contributed by atoms with Crippen LogP contribution in [0.1, 0.15) is 290 Å². The van der Waals surface area contributed by atoms with Crippen LogP contribution in [-0.4, -0.2) is 70.0 Å². The van der Waals surface area contributed by atoms with Crippen LogP contribution in [0.5, 0.6) is 0 Å².